The van der Waals surface area contributed by atoms with Crippen molar-refractivity contribution < 1.29 is 14.3 Å². The maximum atomic E-state index is 12.9. The van der Waals surface area contributed by atoms with E-state index in [1.807, 2.05) is 24.3 Å². The van der Waals surface area contributed by atoms with Gasteiger partial charge in [-0.05, 0) is 29.8 Å². The first-order valence-corrected chi connectivity index (χ1v) is 8.21. The number of hydrogen-bond donors (Lipinski definition) is 0. The van der Waals surface area contributed by atoms with Crippen molar-refractivity contribution in [3.05, 3.63) is 59.9 Å². The Morgan fingerprint density at radius 2 is 1.88 bits per heavy atom. The summed E-state index contributed by atoms with van der Waals surface area (Å²) in [6.07, 6.45) is 1.61. The number of nitrogens with zero attached hydrogens (tertiary/aromatic N) is 3. The van der Waals surface area contributed by atoms with Gasteiger partial charge < -0.3 is 14.5 Å². The fraction of sp³-hybridized carbons (Fsp3) is 0.316. The van der Waals surface area contributed by atoms with Crippen molar-refractivity contribution in [3.8, 4) is 5.75 Å². The molecule has 1 aromatic carbocycles. The van der Waals surface area contributed by atoms with Crippen LogP contribution in [0.1, 0.15) is 29.0 Å². The summed E-state index contributed by atoms with van der Waals surface area (Å²) in [5, 5.41) is 0. The Labute approximate surface area is 147 Å². The molecule has 0 spiro atoms. The van der Waals surface area contributed by atoms with Crippen molar-refractivity contribution in [1.29, 1.82) is 0 Å². The third kappa shape index (κ3) is 3.63. The lowest BCUT2D eigenvalue weighted by molar-refractivity contribution is -0.131. The average Bonchev–Trinajstić information content (AvgIpc) is 2.67. The topological polar surface area (TPSA) is 62.7 Å². The van der Waals surface area contributed by atoms with Gasteiger partial charge in [0.15, 0.2) is 0 Å². The summed E-state index contributed by atoms with van der Waals surface area (Å²) in [6.45, 7) is 3.04. The number of piperazine rings is 1. The minimum Gasteiger partial charge on any atom is -0.497 e. The summed E-state index contributed by atoms with van der Waals surface area (Å²) in [7, 11) is 1.62. The van der Waals surface area contributed by atoms with E-state index >= 15 is 0 Å². The fourth-order valence-corrected chi connectivity index (χ4v) is 3.06. The molecule has 1 aliphatic heterocycles. The summed E-state index contributed by atoms with van der Waals surface area (Å²) in [5.41, 5.74) is 1.38. The number of hydrogen-bond acceptors (Lipinski definition) is 4. The first kappa shape index (κ1) is 17.0. The molecule has 1 atom stereocenters. The first-order chi connectivity index (χ1) is 12.1. The van der Waals surface area contributed by atoms with Gasteiger partial charge in [-0.2, -0.15) is 0 Å². The molecule has 1 saturated heterocycles. The fourth-order valence-electron chi connectivity index (χ4n) is 3.06. The molecule has 3 rings (SSSR count). The smallest absolute Gasteiger partial charge is 0.273 e. The van der Waals surface area contributed by atoms with Gasteiger partial charge in [-0.1, -0.05) is 18.2 Å². The Hall–Kier alpha value is -2.89. The standard InChI is InChI=1S/C19H21N3O3/c1-14(23)21-11-12-22(19(24)17-5-3-4-10-20-17)18(13-21)15-6-8-16(25-2)9-7-15/h3-10,18H,11-13H2,1-2H3/t18-/m1/s1. The molecule has 2 heterocycles. The number of benzene rings is 1. The molecule has 2 aromatic rings. The molecule has 1 fully saturated rings. The molecule has 0 aliphatic carbocycles. The SMILES string of the molecule is COc1ccc([C@H]2CN(C(C)=O)CCN2C(=O)c2ccccn2)cc1. The number of methoxy groups -OCH3 is 1. The monoisotopic (exact) mass is 339 g/mol. The number of carbonyl (C=O) groups excluding carboxylic acids is 2. The molecule has 0 unspecified atom stereocenters. The van der Waals surface area contributed by atoms with Gasteiger partial charge in [0.1, 0.15) is 11.4 Å². The zero-order valence-electron chi connectivity index (χ0n) is 14.4. The Morgan fingerprint density at radius 1 is 1.12 bits per heavy atom. The van der Waals surface area contributed by atoms with E-state index in [-0.39, 0.29) is 17.9 Å². The third-order valence-corrected chi connectivity index (χ3v) is 4.47. The van der Waals surface area contributed by atoms with Crippen LogP contribution in [0.3, 0.4) is 0 Å². The van der Waals surface area contributed by atoms with Gasteiger partial charge in [-0.25, -0.2) is 0 Å². The van der Waals surface area contributed by atoms with Crippen molar-refractivity contribution >= 4 is 11.8 Å². The number of amides is 2. The molecule has 130 valence electrons. The summed E-state index contributed by atoms with van der Waals surface area (Å²) in [6, 6.07) is 12.7. The van der Waals surface area contributed by atoms with Crippen LogP contribution in [0.25, 0.3) is 0 Å². The number of pyridine rings is 1. The zero-order valence-corrected chi connectivity index (χ0v) is 14.4. The Morgan fingerprint density at radius 3 is 2.48 bits per heavy atom. The van der Waals surface area contributed by atoms with Gasteiger partial charge in [0.25, 0.3) is 5.91 Å². The second-order valence-electron chi connectivity index (χ2n) is 5.97. The van der Waals surface area contributed by atoms with Crippen LogP contribution in [0, 0.1) is 0 Å². The number of carbonyl (C=O) groups is 2. The molecule has 2 amide bonds. The van der Waals surface area contributed by atoms with Gasteiger partial charge >= 0.3 is 0 Å². The minimum atomic E-state index is -0.210. The van der Waals surface area contributed by atoms with Crippen LogP contribution in [0.4, 0.5) is 0 Å². The van der Waals surface area contributed by atoms with Crippen molar-refractivity contribution in [1.82, 2.24) is 14.8 Å². The molecule has 6 nitrogen and oxygen atoms in total. The van der Waals surface area contributed by atoms with Crippen LogP contribution < -0.4 is 4.74 Å². The van der Waals surface area contributed by atoms with Crippen molar-refractivity contribution in [2.75, 3.05) is 26.7 Å². The Bertz CT molecular complexity index is 746. The predicted octanol–water partition coefficient (Wildman–Crippen LogP) is 2.14. The lowest BCUT2D eigenvalue weighted by atomic mass is 10.0. The van der Waals surface area contributed by atoms with Gasteiger partial charge in [-0.15, -0.1) is 0 Å². The van der Waals surface area contributed by atoms with Crippen LogP contribution in [0.15, 0.2) is 48.7 Å². The maximum absolute atomic E-state index is 12.9. The lowest BCUT2D eigenvalue weighted by Crippen LogP contribution is -2.52. The van der Waals surface area contributed by atoms with Gasteiger partial charge in [0, 0.05) is 32.8 Å². The predicted molar refractivity (Wildman–Crippen MR) is 93.3 cm³/mol. The van der Waals surface area contributed by atoms with E-state index in [9.17, 15) is 9.59 Å². The molecule has 25 heavy (non-hydrogen) atoms. The highest BCUT2D eigenvalue weighted by Gasteiger charge is 2.33. The van der Waals surface area contributed by atoms with E-state index in [2.05, 4.69) is 4.98 Å². The molecule has 1 aliphatic rings. The zero-order chi connectivity index (χ0) is 17.8. The van der Waals surface area contributed by atoms with E-state index in [4.69, 9.17) is 4.74 Å². The van der Waals surface area contributed by atoms with Gasteiger partial charge in [-0.3, -0.25) is 14.6 Å². The summed E-state index contributed by atoms with van der Waals surface area (Å²) in [4.78, 5) is 32.5. The second kappa shape index (κ2) is 7.34. The number of ether oxygens (including phenoxy) is 1. The van der Waals surface area contributed by atoms with Crippen molar-refractivity contribution in [2.24, 2.45) is 0 Å². The van der Waals surface area contributed by atoms with E-state index in [0.717, 1.165) is 11.3 Å². The minimum absolute atomic E-state index is 0.0171. The number of rotatable bonds is 3. The Balaban J connectivity index is 1.91. The number of aromatic nitrogens is 1. The largest absolute Gasteiger partial charge is 0.497 e. The highest BCUT2D eigenvalue weighted by Crippen LogP contribution is 2.28. The van der Waals surface area contributed by atoms with Crippen LogP contribution in [0.5, 0.6) is 5.75 Å². The molecule has 6 heteroatoms. The quantitative estimate of drug-likeness (QED) is 0.859. The molecule has 0 bridgehead atoms. The van der Waals surface area contributed by atoms with Gasteiger partial charge in [0.2, 0.25) is 5.91 Å². The Kier molecular flexibility index (Phi) is 4.97. The van der Waals surface area contributed by atoms with E-state index < -0.39 is 0 Å². The lowest BCUT2D eigenvalue weighted by Gasteiger charge is -2.41. The summed E-state index contributed by atoms with van der Waals surface area (Å²) in [5.74, 6) is 0.652. The molecule has 0 saturated carbocycles. The normalized spacial score (nSPS) is 17.3. The molecular formula is C19H21N3O3. The van der Waals surface area contributed by atoms with E-state index in [1.165, 1.54) is 0 Å². The molecule has 0 radical (unpaired) electrons. The summed E-state index contributed by atoms with van der Waals surface area (Å²) < 4.78 is 5.20. The van der Waals surface area contributed by atoms with Crippen LogP contribution in [-0.2, 0) is 4.79 Å². The average molecular weight is 339 g/mol. The van der Waals surface area contributed by atoms with E-state index in [0.29, 0.717) is 25.3 Å². The first-order valence-electron chi connectivity index (χ1n) is 8.21. The molecule has 0 N–H and O–H groups in total. The van der Waals surface area contributed by atoms with Gasteiger partial charge in [0.05, 0.1) is 13.2 Å². The second-order valence-corrected chi connectivity index (χ2v) is 5.97. The highest BCUT2D eigenvalue weighted by atomic mass is 16.5. The van der Waals surface area contributed by atoms with Crippen LogP contribution in [0.2, 0.25) is 0 Å². The summed E-state index contributed by atoms with van der Waals surface area (Å²) >= 11 is 0. The van der Waals surface area contributed by atoms with Crippen LogP contribution in [-0.4, -0.2) is 53.3 Å². The third-order valence-electron chi connectivity index (χ3n) is 4.47. The van der Waals surface area contributed by atoms with Crippen molar-refractivity contribution in [3.63, 3.8) is 0 Å². The molecular weight excluding hydrogens is 318 g/mol. The molecule has 1 aromatic heterocycles. The van der Waals surface area contributed by atoms with E-state index in [1.54, 1.807) is 48.2 Å². The van der Waals surface area contributed by atoms with Crippen molar-refractivity contribution in [2.45, 2.75) is 13.0 Å². The van der Waals surface area contributed by atoms with Crippen LogP contribution >= 0.6 is 0 Å². The highest BCUT2D eigenvalue weighted by molar-refractivity contribution is 5.92. The maximum Gasteiger partial charge on any atom is 0.273 e.